The lowest BCUT2D eigenvalue weighted by Crippen LogP contribution is -2.42. The largest absolute Gasteiger partial charge is 0.477 e. The Kier molecular flexibility index (Phi) is 4.82. The minimum absolute atomic E-state index is 0.0179. The number of nitrogens with zero attached hydrogens (tertiary/aromatic N) is 7. The van der Waals surface area contributed by atoms with Crippen LogP contribution >= 0.6 is 0 Å². The molecule has 156 valence electrons. The summed E-state index contributed by atoms with van der Waals surface area (Å²) in [6.45, 7) is 2.64. The summed E-state index contributed by atoms with van der Waals surface area (Å²) in [6.07, 6.45) is 11.1. The maximum absolute atomic E-state index is 12.9. The Balaban J connectivity index is 1.17. The quantitative estimate of drug-likeness (QED) is 0.644. The summed E-state index contributed by atoms with van der Waals surface area (Å²) in [7, 11) is 1.87. The highest BCUT2D eigenvalue weighted by Crippen LogP contribution is 2.26. The summed E-state index contributed by atoms with van der Waals surface area (Å²) in [6, 6.07) is 0.353. The van der Waals surface area contributed by atoms with E-state index in [2.05, 4.69) is 20.2 Å². The van der Waals surface area contributed by atoms with Crippen molar-refractivity contribution in [3.05, 3.63) is 36.5 Å². The van der Waals surface area contributed by atoms with Crippen LogP contribution in [0.3, 0.4) is 0 Å². The number of piperidine rings is 1. The lowest BCUT2D eigenvalue weighted by molar-refractivity contribution is 0.0573. The van der Waals surface area contributed by atoms with Gasteiger partial charge in [-0.05, 0) is 0 Å². The van der Waals surface area contributed by atoms with Crippen LogP contribution in [0.25, 0.3) is 11.1 Å². The van der Waals surface area contributed by atoms with Gasteiger partial charge in [0, 0.05) is 75.7 Å². The Labute approximate surface area is 173 Å². The van der Waals surface area contributed by atoms with Crippen LogP contribution in [0.2, 0.25) is 0 Å². The molecule has 2 aliphatic heterocycles. The number of hydrogen-bond acceptors (Lipinski definition) is 7. The van der Waals surface area contributed by atoms with Gasteiger partial charge in [0.2, 0.25) is 5.88 Å². The fourth-order valence-corrected chi connectivity index (χ4v) is 3.81. The van der Waals surface area contributed by atoms with Crippen LogP contribution in [0.5, 0.6) is 11.9 Å². The molecule has 30 heavy (non-hydrogen) atoms. The second kappa shape index (κ2) is 7.77. The van der Waals surface area contributed by atoms with Crippen molar-refractivity contribution in [3.63, 3.8) is 0 Å². The van der Waals surface area contributed by atoms with Gasteiger partial charge in [-0.2, -0.15) is 10.2 Å². The van der Waals surface area contributed by atoms with Crippen molar-refractivity contribution in [2.24, 2.45) is 7.05 Å². The first-order valence-electron chi connectivity index (χ1n) is 10.1. The zero-order valence-corrected chi connectivity index (χ0v) is 16.8. The third kappa shape index (κ3) is 3.60. The first-order chi connectivity index (χ1) is 14.7. The number of hydrogen-bond donors (Lipinski definition) is 0. The first-order valence-corrected chi connectivity index (χ1v) is 10.1. The highest BCUT2D eigenvalue weighted by molar-refractivity contribution is 5.96. The molecule has 3 aromatic rings. The SMILES string of the molecule is Cn1cc(-c2cnc(OC3CCN(C(=O)c4cnn5c4OCCC5)CC3)nc2)cn1. The Morgan fingerprint density at radius 1 is 1.07 bits per heavy atom. The summed E-state index contributed by atoms with van der Waals surface area (Å²) in [5.74, 6) is 0.556. The summed E-state index contributed by atoms with van der Waals surface area (Å²) in [5, 5.41) is 8.43. The van der Waals surface area contributed by atoms with E-state index in [9.17, 15) is 4.79 Å². The molecule has 2 aliphatic rings. The Bertz CT molecular complexity index is 1040. The molecule has 1 fully saturated rings. The maximum Gasteiger partial charge on any atom is 0.316 e. The highest BCUT2D eigenvalue weighted by atomic mass is 16.5. The molecule has 3 aromatic heterocycles. The standard InChI is InChI=1S/C20H23N7O3/c1-25-13-15(11-23-25)14-9-21-20(22-10-14)30-16-3-6-26(7-4-16)18(28)17-12-24-27-5-2-8-29-19(17)27/h9-13,16H,2-8H2,1H3. The van der Waals surface area contributed by atoms with E-state index in [0.717, 1.165) is 36.9 Å². The molecule has 10 nitrogen and oxygen atoms in total. The second-order valence-corrected chi connectivity index (χ2v) is 7.55. The normalized spacial score (nSPS) is 16.8. The first kappa shape index (κ1) is 18.6. The summed E-state index contributed by atoms with van der Waals surface area (Å²) in [4.78, 5) is 23.4. The molecule has 5 heterocycles. The van der Waals surface area contributed by atoms with Gasteiger partial charge < -0.3 is 14.4 Å². The Hall–Kier alpha value is -3.43. The molecule has 0 aliphatic carbocycles. The van der Waals surface area contributed by atoms with Gasteiger partial charge in [-0.3, -0.25) is 9.48 Å². The topological polar surface area (TPSA) is 100 Å². The Morgan fingerprint density at radius 3 is 2.60 bits per heavy atom. The van der Waals surface area contributed by atoms with Gasteiger partial charge >= 0.3 is 6.01 Å². The van der Waals surface area contributed by atoms with E-state index in [0.29, 0.717) is 37.2 Å². The van der Waals surface area contributed by atoms with Crippen molar-refractivity contribution < 1.29 is 14.3 Å². The van der Waals surface area contributed by atoms with E-state index in [1.807, 2.05) is 18.1 Å². The molecule has 0 radical (unpaired) electrons. The van der Waals surface area contributed by atoms with E-state index >= 15 is 0 Å². The van der Waals surface area contributed by atoms with Crippen LogP contribution in [-0.2, 0) is 13.6 Å². The van der Waals surface area contributed by atoms with E-state index in [1.54, 1.807) is 34.2 Å². The minimum Gasteiger partial charge on any atom is -0.477 e. The van der Waals surface area contributed by atoms with Crippen molar-refractivity contribution in [3.8, 4) is 23.0 Å². The molecule has 5 rings (SSSR count). The van der Waals surface area contributed by atoms with Crippen molar-refractivity contribution in [1.29, 1.82) is 0 Å². The van der Waals surface area contributed by atoms with Crippen LogP contribution < -0.4 is 9.47 Å². The molecule has 0 bridgehead atoms. The lowest BCUT2D eigenvalue weighted by atomic mass is 10.1. The molecule has 0 atom stereocenters. The second-order valence-electron chi connectivity index (χ2n) is 7.55. The molecular weight excluding hydrogens is 386 g/mol. The van der Waals surface area contributed by atoms with E-state index in [1.165, 1.54) is 0 Å². The molecule has 10 heteroatoms. The highest BCUT2D eigenvalue weighted by Gasteiger charge is 2.29. The summed E-state index contributed by atoms with van der Waals surface area (Å²) in [5.41, 5.74) is 2.40. The monoisotopic (exact) mass is 409 g/mol. The van der Waals surface area contributed by atoms with Gasteiger partial charge in [0.1, 0.15) is 11.7 Å². The predicted octanol–water partition coefficient (Wildman–Crippen LogP) is 1.54. The van der Waals surface area contributed by atoms with Crippen LogP contribution in [0.1, 0.15) is 29.6 Å². The zero-order chi connectivity index (χ0) is 20.5. The summed E-state index contributed by atoms with van der Waals surface area (Å²) < 4.78 is 15.1. The van der Waals surface area contributed by atoms with Gasteiger partial charge in [0.25, 0.3) is 5.91 Å². The fourth-order valence-electron chi connectivity index (χ4n) is 3.81. The molecule has 0 aromatic carbocycles. The average molecular weight is 409 g/mol. The number of amides is 1. The lowest BCUT2D eigenvalue weighted by Gasteiger charge is -2.31. The van der Waals surface area contributed by atoms with E-state index < -0.39 is 0 Å². The van der Waals surface area contributed by atoms with Gasteiger partial charge in [-0.15, -0.1) is 0 Å². The average Bonchev–Trinajstić information content (AvgIpc) is 3.41. The molecule has 1 amide bonds. The maximum atomic E-state index is 12.9. The Morgan fingerprint density at radius 2 is 1.87 bits per heavy atom. The number of carbonyl (C=O) groups is 1. The summed E-state index contributed by atoms with van der Waals surface area (Å²) >= 11 is 0. The van der Waals surface area contributed by atoms with Crippen molar-refractivity contribution in [1.82, 2.24) is 34.4 Å². The van der Waals surface area contributed by atoms with Crippen LogP contribution in [0.4, 0.5) is 0 Å². The minimum atomic E-state index is -0.0336. The van der Waals surface area contributed by atoms with Crippen LogP contribution in [0, 0.1) is 0 Å². The fraction of sp³-hybridized carbons (Fsp3) is 0.450. The van der Waals surface area contributed by atoms with Crippen molar-refractivity contribution in [2.45, 2.75) is 31.9 Å². The number of carbonyl (C=O) groups excluding carboxylic acids is 1. The molecule has 0 unspecified atom stereocenters. The van der Waals surface area contributed by atoms with E-state index in [-0.39, 0.29) is 12.0 Å². The third-order valence-corrected chi connectivity index (χ3v) is 5.44. The molecule has 0 N–H and O–H groups in total. The van der Waals surface area contributed by atoms with Crippen LogP contribution in [-0.4, -0.2) is 66.1 Å². The van der Waals surface area contributed by atoms with Gasteiger partial charge in [0.15, 0.2) is 0 Å². The zero-order valence-electron chi connectivity index (χ0n) is 16.8. The number of likely N-dealkylation sites (tertiary alicyclic amines) is 1. The van der Waals surface area contributed by atoms with Crippen LogP contribution in [0.15, 0.2) is 31.0 Å². The molecular formula is C20H23N7O3. The van der Waals surface area contributed by atoms with E-state index in [4.69, 9.17) is 9.47 Å². The number of rotatable bonds is 4. The number of fused-ring (bicyclic) bond motifs is 1. The van der Waals surface area contributed by atoms with Crippen molar-refractivity contribution in [2.75, 3.05) is 19.7 Å². The smallest absolute Gasteiger partial charge is 0.316 e. The number of aromatic nitrogens is 6. The number of aryl methyl sites for hydroxylation is 2. The number of ether oxygens (including phenoxy) is 2. The van der Waals surface area contributed by atoms with Gasteiger partial charge in [-0.1, -0.05) is 0 Å². The molecule has 0 spiro atoms. The predicted molar refractivity (Wildman–Crippen MR) is 106 cm³/mol. The van der Waals surface area contributed by atoms with Gasteiger partial charge in [-0.25, -0.2) is 14.6 Å². The molecule has 1 saturated heterocycles. The third-order valence-electron chi connectivity index (χ3n) is 5.44. The molecule has 0 saturated carbocycles. The van der Waals surface area contributed by atoms with Crippen molar-refractivity contribution >= 4 is 5.91 Å². The van der Waals surface area contributed by atoms with Gasteiger partial charge in [0.05, 0.1) is 19.0 Å².